The quantitative estimate of drug-likeness (QED) is 0.400. The van der Waals surface area contributed by atoms with Crippen molar-refractivity contribution >= 4 is 16.5 Å². The van der Waals surface area contributed by atoms with Gasteiger partial charge in [-0.25, -0.2) is 0 Å². The van der Waals surface area contributed by atoms with Crippen molar-refractivity contribution in [3.8, 4) is 0 Å². The first-order valence-electron chi connectivity index (χ1n) is 1.44. The Morgan fingerprint density at radius 2 is 1.00 bits per heavy atom. The van der Waals surface area contributed by atoms with Crippen molar-refractivity contribution in [1.82, 2.24) is 0 Å². The van der Waals surface area contributed by atoms with Crippen LogP contribution in [-0.2, 0) is 0 Å². The molecule has 0 atom stereocenters. The molecular formula is C2F5Ge. The van der Waals surface area contributed by atoms with Crippen molar-refractivity contribution in [2.75, 3.05) is 0 Å². The van der Waals surface area contributed by atoms with Crippen LogP contribution in [0.15, 0.2) is 0 Å². The van der Waals surface area contributed by atoms with Gasteiger partial charge in [0.1, 0.15) is 0 Å². The van der Waals surface area contributed by atoms with E-state index in [1.165, 1.54) is 0 Å². The van der Waals surface area contributed by atoms with Crippen molar-refractivity contribution in [2.24, 2.45) is 0 Å². The molecule has 0 saturated heterocycles. The van der Waals surface area contributed by atoms with E-state index in [1.807, 2.05) is 0 Å². The second kappa shape index (κ2) is 1.86. The number of hydrogen-bond donors (Lipinski definition) is 0. The Morgan fingerprint density at radius 3 is 1.00 bits per heavy atom. The fraction of sp³-hybridized carbons (Fsp3) is 1.00. The summed E-state index contributed by atoms with van der Waals surface area (Å²) in [5, 5.41) is 0. The summed E-state index contributed by atoms with van der Waals surface area (Å²) in [4.78, 5) is 0. The molecule has 0 aromatic carbocycles. The molecular weight excluding hydrogens is 192 g/mol. The summed E-state index contributed by atoms with van der Waals surface area (Å²) in [6, 6.07) is 0. The topological polar surface area (TPSA) is 0 Å². The molecule has 0 N–H and O–H groups in total. The number of rotatable bonds is 0. The summed E-state index contributed by atoms with van der Waals surface area (Å²) in [6.07, 6.45) is -5.40. The number of halogens is 5. The third kappa shape index (κ3) is 1.98. The minimum atomic E-state index is -5.40. The van der Waals surface area contributed by atoms with E-state index in [-0.39, 0.29) is 16.5 Å². The molecule has 0 aliphatic heterocycles. The van der Waals surface area contributed by atoms with Crippen molar-refractivity contribution in [1.29, 1.82) is 0 Å². The Hall–Kier alpha value is 0.193. The van der Waals surface area contributed by atoms with Crippen LogP contribution >= 0.6 is 0 Å². The molecule has 0 amide bonds. The van der Waals surface area contributed by atoms with Crippen molar-refractivity contribution in [3.63, 3.8) is 0 Å². The Bertz CT molecular complexity index is 65.4. The van der Waals surface area contributed by atoms with Gasteiger partial charge in [-0.05, 0) is 0 Å². The molecule has 3 radical (unpaired) electrons. The Morgan fingerprint density at radius 1 is 0.875 bits per heavy atom. The van der Waals surface area contributed by atoms with Gasteiger partial charge in [-0.3, -0.25) is 0 Å². The average Bonchev–Trinajstić information content (AvgIpc) is 1.25. The zero-order chi connectivity index (χ0) is 7.00. The minimum absolute atomic E-state index is 0.188. The predicted molar refractivity (Wildman–Crippen MR) is 16.8 cm³/mol. The first-order valence-corrected chi connectivity index (χ1v) is 2.49. The molecule has 0 aliphatic rings. The van der Waals surface area contributed by atoms with Crippen LogP contribution in [0, 0.1) is 0 Å². The molecule has 6 heteroatoms. The summed E-state index contributed by atoms with van der Waals surface area (Å²) in [7, 11) is 0. The fourth-order valence-electron chi connectivity index (χ4n) is 0. The average molecular weight is 192 g/mol. The van der Waals surface area contributed by atoms with Crippen molar-refractivity contribution < 1.29 is 22.0 Å². The van der Waals surface area contributed by atoms with Gasteiger partial charge in [0, 0.05) is 0 Å². The zero-order valence-electron chi connectivity index (χ0n) is 3.39. The van der Waals surface area contributed by atoms with Crippen LogP contribution in [0.4, 0.5) is 22.0 Å². The molecule has 8 heavy (non-hydrogen) atoms. The SMILES string of the molecule is FC(F)(F)[C](F)(F)[Ge]. The second-order valence-corrected chi connectivity index (χ2v) is 2.39. The molecule has 0 spiro atoms. The van der Waals surface area contributed by atoms with Crippen LogP contribution < -0.4 is 0 Å². The van der Waals surface area contributed by atoms with E-state index in [1.54, 1.807) is 0 Å². The summed E-state index contributed by atoms with van der Waals surface area (Å²) in [5.74, 6) is 0. The third-order valence-corrected chi connectivity index (χ3v) is 0.951. The molecule has 0 unspecified atom stereocenters. The number of alkyl halides is 5. The monoisotopic (exact) mass is 193 g/mol. The maximum atomic E-state index is 11.1. The molecule has 0 heterocycles. The van der Waals surface area contributed by atoms with Gasteiger partial charge in [0.25, 0.3) is 0 Å². The van der Waals surface area contributed by atoms with Crippen LogP contribution in [0.2, 0.25) is 0 Å². The fourth-order valence-corrected chi connectivity index (χ4v) is 0. The van der Waals surface area contributed by atoms with E-state index >= 15 is 0 Å². The summed E-state index contributed by atoms with van der Waals surface area (Å²) in [6.45, 7) is 0. The molecule has 0 fully saturated rings. The molecule has 0 saturated carbocycles. The van der Waals surface area contributed by atoms with Gasteiger partial charge in [-0.1, -0.05) is 0 Å². The Kier molecular flexibility index (Phi) is 1.90. The van der Waals surface area contributed by atoms with Gasteiger partial charge >= 0.3 is 49.4 Å². The van der Waals surface area contributed by atoms with E-state index in [9.17, 15) is 22.0 Å². The van der Waals surface area contributed by atoms with Gasteiger partial charge < -0.3 is 0 Å². The summed E-state index contributed by atoms with van der Waals surface area (Å²) >= 11 is -0.188. The molecule has 47 valence electrons. The van der Waals surface area contributed by atoms with Crippen molar-refractivity contribution in [2.45, 2.75) is 10.9 Å². The first kappa shape index (κ1) is 8.19. The van der Waals surface area contributed by atoms with Gasteiger partial charge in [-0.15, -0.1) is 0 Å². The van der Waals surface area contributed by atoms with Crippen LogP contribution in [0.1, 0.15) is 0 Å². The van der Waals surface area contributed by atoms with Crippen LogP contribution in [0.3, 0.4) is 0 Å². The number of hydrogen-bond acceptors (Lipinski definition) is 0. The predicted octanol–water partition coefficient (Wildman–Crippen LogP) is 1.31. The standard InChI is InChI=1S/C2F5Ge/c3-1(4,5)2(6,7)8. The molecule has 0 rings (SSSR count). The van der Waals surface area contributed by atoms with Gasteiger partial charge in [0.15, 0.2) is 0 Å². The summed E-state index contributed by atoms with van der Waals surface area (Å²) < 4.78 is 50.1. The maximum absolute atomic E-state index is 11.1. The first-order chi connectivity index (χ1) is 3.25. The van der Waals surface area contributed by atoms with E-state index < -0.39 is 10.9 Å². The molecule has 0 aromatic rings. The normalized spacial score (nSPS) is 14.2. The van der Waals surface area contributed by atoms with Crippen LogP contribution in [-0.4, -0.2) is 27.4 Å². The van der Waals surface area contributed by atoms with E-state index in [0.29, 0.717) is 0 Å². The molecule has 0 nitrogen and oxygen atoms in total. The molecule has 0 aliphatic carbocycles. The van der Waals surface area contributed by atoms with E-state index in [2.05, 4.69) is 0 Å². The van der Waals surface area contributed by atoms with Gasteiger partial charge in [0.05, 0.1) is 0 Å². The van der Waals surface area contributed by atoms with Crippen LogP contribution in [0.25, 0.3) is 0 Å². The Labute approximate surface area is 50.3 Å². The van der Waals surface area contributed by atoms with Gasteiger partial charge in [-0.2, -0.15) is 0 Å². The molecule has 0 bridgehead atoms. The van der Waals surface area contributed by atoms with E-state index in [0.717, 1.165) is 0 Å². The van der Waals surface area contributed by atoms with Crippen molar-refractivity contribution in [3.05, 3.63) is 0 Å². The van der Waals surface area contributed by atoms with E-state index in [4.69, 9.17) is 0 Å². The third-order valence-electron chi connectivity index (χ3n) is 0.356. The zero-order valence-corrected chi connectivity index (χ0v) is 5.49. The second-order valence-electron chi connectivity index (χ2n) is 1.07. The molecule has 0 aromatic heterocycles. The Balaban J connectivity index is 4.02. The van der Waals surface area contributed by atoms with Crippen LogP contribution in [0.5, 0.6) is 0 Å². The summed E-state index contributed by atoms with van der Waals surface area (Å²) in [5.41, 5.74) is 0. The van der Waals surface area contributed by atoms with Gasteiger partial charge in [0.2, 0.25) is 0 Å².